The summed E-state index contributed by atoms with van der Waals surface area (Å²) in [5.41, 5.74) is 5.45. The Kier molecular flexibility index (Phi) is 7.96. The van der Waals surface area contributed by atoms with E-state index in [0.29, 0.717) is 6.42 Å². The van der Waals surface area contributed by atoms with Crippen LogP contribution in [0.25, 0.3) is 0 Å². The maximum atomic E-state index is 10.8. The minimum Gasteiger partial charge on any atom is -0.748 e. The normalized spacial score (nSPS) is 26.1. The topological polar surface area (TPSA) is 121 Å². The second kappa shape index (κ2) is 7.81. The van der Waals surface area contributed by atoms with Crippen molar-refractivity contribution in [3.8, 4) is 0 Å². The van der Waals surface area contributed by atoms with Gasteiger partial charge < -0.3 is 15.4 Å². The molecule has 0 radical (unpaired) electrons. The molecule has 0 aromatic rings. The zero-order valence-corrected chi connectivity index (χ0v) is 13.4. The number of hydrogen-bond donors (Lipinski definition) is 2. The van der Waals surface area contributed by atoms with E-state index in [0.717, 1.165) is 19.3 Å². The van der Waals surface area contributed by atoms with E-state index in [2.05, 4.69) is 0 Å². The van der Waals surface area contributed by atoms with Crippen molar-refractivity contribution >= 4 is 16.1 Å². The van der Waals surface area contributed by atoms with Gasteiger partial charge in [-0.1, -0.05) is 19.3 Å². The Morgan fingerprint density at radius 3 is 2.28 bits per heavy atom. The summed E-state index contributed by atoms with van der Waals surface area (Å²) in [5, 5.41) is 8.73. The number of carbonyl (C=O) groups is 1. The van der Waals surface area contributed by atoms with Crippen LogP contribution in [-0.2, 0) is 14.9 Å². The van der Waals surface area contributed by atoms with Crippen LogP contribution in [-0.4, -0.2) is 35.8 Å². The number of nitrogens with two attached hydrogens (primary N) is 1. The Morgan fingerprint density at radius 2 is 1.83 bits per heavy atom. The first kappa shape index (κ1) is 18.3. The van der Waals surface area contributed by atoms with Gasteiger partial charge in [-0.25, -0.2) is 8.42 Å². The van der Waals surface area contributed by atoms with Gasteiger partial charge in [-0.05, 0) is 24.7 Å². The second-order valence-corrected chi connectivity index (χ2v) is 6.16. The number of rotatable bonds is 5. The van der Waals surface area contributed by atoms with Crippen molar-refractivity contribution in [3.63, 3.8) is 0 Å². The van der Waals surface area contributed by atoms with E-state index < -0.39 is 27.9 Å². The molecule has 18 heavy (non-hydrogen) atoms. The largest absolute Gasteiger partial charge is 1.00 e. The molecular formula is C10H18NNaO5S. The van der Waals surface area contributed by atoms with Crippen LogP contribution >= 0.6 is 0 Å². The molecule has 1 saturated carbocycles. The van der Waals surface area contributed by atoms with E-state index in [1.54, 1.807) is 0 Å². The molecule has 6 nitrogen and oxygen atoms in total. The van der Waals surface area contributed by atoms with Crippen molar-refractivity contribution in [1.29, 1.82) is 0 Å². The Hall–Kier alpha value is 0.340. The molecule has 1 aliphatic carbocycles. The van der Waals surface area contributed by atoms with Gasteiger partial charge in [-0.3, -0.25) is 4.79 Å². The molecule has 0 aromatic heterocycles. The van der Waals surface area contributed by atoms with Crippen molar-refractivity contribution in [1.82, 2.24) is 0 Å². The molecule has 1 fully saturated rings. The second-order valence-electron chi connectivity index (χ2n) is 4.71. The molecule has 0 saturated heterocycles. The first-order valence-corrected chi connectivity index (χ1v) is 7.29. The van der Waals surface area contributed by atoms with Crippen LogP contribution in [0.5, 0.6) is 0 Å². The van der Waals surface area contributed by atoms with E-state index in [1.807, 2.05) is 0 Å². The van der Waals surface area contributed by atoms with Crippen molar-refractivity contribution in [2.24, 2.45) is 17.6 Å². The van der Waals surface area contributed by atoms with Gasteiger partial charge in [0.05, 0.1) is 10.1 Å². The summed E-state index contributed by atoms with van der Waals surface area (Å²) < 4.78 is 32.3. The number of hydrogen-bond acceptors (Lipinski definition) is 5. The van der Waals surface area contributed by atoms with E-state index in [9.17, 15) is 17.8 Å². The quantitative estimate of drug-likeness (QED) is 0.414. The Labute approximate surface area is 129 Å². The first-order chi connectivity index (χ1) is 7.79. The Bertz CT molecular complexity index is 372. The van der Waals surface area contributed by atoms with Gasteiger partial charge in [0.25, 0.3) is 0 Å². The maximum absolute atomic E-state index is 10.8. The zero-order chi connectivity index (χ0) is 13.1. The number of aliphatic carboxylic acids is 1. The van der Waals surface area contributed by atoms with Gasteiger partial charge in [-0.2, -0.15) is 0 Å². The SMILES string of the molecule is NC(CC1CCCCC1CS(=O)(=O)[O-])C(=O)O.[Na+]. The van der Waals surface area contributed by atoms with Gasteiger partial charge in [-0.15, -0.1) is 0 Å². The minimum absolute atomic E-state index is 0. The van der Waals surface area contributed by atoms with Crippen LogP contribution in [0.1, 0.15) is 32.1 Å². The fourth-order valence-electron chi connectivity index (χ4n) is 2.50. The number of carboxylic acids is 1. The van der Waals surface area contributed by atoms with E-state index >= 15 is 0 Å². The average Bonchev–Trinajstić information content (AvgIpc) is 2.18. The van der Waals surface area contributed by atoms with E-state index in [4.69, 9.17) is 10.8 Å². The molecule has 0 bridgehead atoms. The molecule has 0 spiro atoms. The van der Waals surface area contributed by atoms with Gasteiger partial charge in [0.15, 0.2) is 0 Å². The Morgan fingerprint density at radius 1 is 1.33 bits per heavy atom. The smallest absolute Gasteiger partial charge is 0.748 e. The predicted molar refractivity (Wildman–Crippen MR) is 60.2 cm³/mol. The molecule has 1 aliphatic rings. The molecule has 1 rings (SSSR count). The fourth-order valence-corrected chi connectivity index (χ4v) is 3.47. The van der Waals surface area contributed by atoms with Crippen LogP contribution in [0.3, 0.4) is 0 Å². The molecular weight excluding hydrogens is 269 g/mol. The predicted octanol–water partition coefficient (Wildman–Crippen LogP) is -2.86. The molecule has 3 N–H and O–H groups in total. The van der Waals surface area contributed by atoms with Crippen molar-refractivity contribution in [3.05, 3.63) is 0 Å². The van der Waals surface area contributed by atoms with Crippen LogP contribution < -0.4 is 35.3 Å². The summed E-state index contributed by atoms with van der Waals surface area (Å²) in [6, 6.07) is -0.977. The molecule has 0 aliphatic heterocycles. The molecule has 3 unspecified atom stereocenters. The third kappa shape index (κ3) is 6.49. The molecule has 3 atom stereocenters. The maximum Gasteiger partial charge on any atom is 1.00 e. The van der Waals surface area contributed by atoms with Crippen molar-refractivity contribution in [2.45, 2.75) is 38.1 Å². The summed E-state index contributed by atoms with van der Waals surface area (Å²) in [7, 11) is -4.25. The molecule has 0 heterocycles. The fraction of sp³-hybridized carbons (Fsp3) is 0.900. The molecule has 0 aromatic carbocycles. The number of carboxylic acid groups (broad SMARTS) is 1. The van der Waals surface area contributed by atoms with Crippen LogP contribution in [0.2, 0.25) is 0 Å². The first-order valence-electron chi connectivity index (χ1n) is 5.71. The van der Waals surface area contributed by atoms with Crippen molar-refractivity contribution in [2.75, 3.05) is 5.75 Å². The minimum atomic E-state index is -4.25. The van der Waals surface area contributed by atoms with Crippen LogP contribution in [0.4, 0.5) is 0 Å². The molecule has 0 amide bonds. The average molecular weight is 287 g/mol. The van der Waals surface area contributed by atoms with Crippen molar-refractivity contribution < 1.29 is 52.4 Å². The van der Waals surface area contributed by atoms with E-state index in [-0.39, 0.29) is 47.8 Å². The van der Waals surface area contributed by atoms with Gasteiger partial charge in [0, 0.05) is 5.75 Å². The van der Waals surface area contributed by atoms with Crippen LogP contribution in [0, 0.1) is 11.8 Å². The third-order valence-electron chi connectivity index (χ3n) is 3.36. The van der Waals surface area contributed by atoms with E-state index in [1.165, 1.54) is 0 Å². The molecule has 100 valence electrons. The zero-order valence-electron chi connectivity index (χ0n) is 10.5. The van der Waals surface area contributed by atoms with Crippen LogP contribution in [0.15, 0.2) is 0 Å². The Balaban J connectivity index is 0.00000289. The standard InChI is InChI=1S/C10H19NO5S.Na/c11-9(10(12)13)5-7-3-1-2-4-8(7)6-17(14,15)16;/h7-9H,1-6,11H2,(H,12,13)(H,14,15,16);/q;+1/p-1. The van der Waals surface area contributed by atoms with Gasteiger partial charge in [0.2, 0.25) is 0 Å². The summed E-state index contributed by atoms with van der Waals surface area (Å²) in [6.45, 7) is 0. The summed E-state index contributed by atoms with van der Waals surface area (Å²) in [5.74, 6) is -1.79. The van der Waals surface area contributed by atoms with Gasteiger partial charge in [0.1, 0.15) is 6.04 Å². The summed E-state index contributed by atoms with van der Waals surface area (Å²) in [4.78, 5) is 10.7. The van der Waals surface area contributed by atoms with Gasteiger partial charge >= 0.3 is 35.5 Å². The molecule has 8 heteroatoms. The summed E-state index contributed by atoms with van der Waals surface area (Å²) in [6.07, 6.45) is 3.49. The summed E-state index contributed by atoms with van der Waals surface area (Å²) >= 11 is 0. The monoisotopic (exact) mass is 287 g/mol. The third-order valence-corrected chi connectivity index (χ3v) is 4.19.